The van der Waals surface area contributed by atoms with E-state index in [1.165, 1.54) is 11.0 Å². The summed E-state index contributed by atoms with van der Waals surface area (Å²) in [5.41, 5.74) is 4.77. The third-order valence-corrected chi connectivity index (χ3v) is 6.31. The van der Waals surface area contributed by atoms with Crippen LogP contribution in [0.4, 0.5) is 14.9 Å². The Hall–Kier alpha value is -2.84. The van der Waals surface area contributed by atoms with Gasteiger partial charge in [-0.15, -0.1) is 0 Å². The molecule has 1 saturated heterocycles. The summed E-state index contributed by atoms with van der Waals surface area (Å²) >= 11 is 0. The number of amides is 2. The number of ether oxygens (including phenoxy) is 1. The maximum atomic E-state index is 14.9. The molecule has 3 N–H and O–H groups in total. The highest BCUT2D eigenvalue weighted by molar-refractivity contribution is 6.01. The van der Waals surface area contributed by atoms with Gasteiger partial charge < -0.3 is 20.7 Å². The molecule has 2 atom stereocenters. The van der Waals surface area contributed by atoms with Crippen LogP contribution in [0.15, 0.2) is 23.2 Å². The van der Waals surface area contributed by atoms with E-state index >= 15 is 0 Å². The van der Waals surface area contributed by atoms with Gasteiger partial charge in [0, 0.05) is 37.4 Å². The summed E-state index contributed by atoms with van der Waals surface area (Å²) < 4.78 is 20.0. The van der Waals surface area contributed by atoms with Crippen molar-refractivity contribution in [3.63, 3.8) is 0 Å². The van der Waals surface area contributed by atoms with E-state index in [-0.39, 0.29) is 24.0 Å². The number of likely N-dealkylation sites (tertiary alicyclic amines) is 1. The third kappa shape index (κ3) is 3.57. The van der Waals surface area contributed by atoms with Crippen LogP contribution in [0, 0.1) is 11.2 Å². The summed E-state index contributed by atoms with van der Waals surface area (Å²) in [6.45, 7) is 8.42. The summed E-state index contributed by atoms with van der Waals surface area (Å²) in [7, 11) is 1.56. The molecule has 8 nitrogen and oxygen atoms in total. The van der Waals surface area contributed by atoms with Crippen LogP contribution < -0.4 is 11.1 Å². The average Bonchev–Trinajstić information content (AvgIpc) is 3.15. The molecule has 9 heteroatoms. The van der Waals surface area contributed by atoms with E-state index in [4.69, 9.17) is 10.5 Å². The number of nitrogens with zero attached hydrogens (tertiary/aromatic N) is 3. The first kappa shape index (κ1) is 21.9. The third-order valence-electron chi connectivity index (χ3n) is 6.31. The summed E-state index contributed by atoms with van der Waals surface area (Å²) in [6.07, 6.45) is 0.424. The zero-order chi connectivity index (χ0) is 22.3. The number of anilines is 1. The average molecular weight is 420 g/mol. The molecule has 1 unspecified atom stereocenters. The van der Waals surface area contributed by atoms with Crippen LogP contribution in [0.25, 0.3) is 0 Å². The Labute approximate surface area is 176 Å². The molecule has 0 saturated carbocycles. The van der Waals surface area contributed by atoms with Gasteiger partial charge in [0.25, 0.3) is 0 Å². The first-order chi connectivity index (χ1) is 14.0. The van der Waals surface area contributed by atoms with Crippen molar-refractivity contribution < 1.29 is 18.7 Å². The van der Waals surface area contributed by atoms with Gasteiger partial charge in [-0.1, -0.05) is 0 Å². The fourth-order valence-corrected chi connectivity index (χ4v) is 4.05. The van der Waals surface area contributed by atoms with Crippen molar-refractivity contribution in [2.45, 2.75) is 45.7 Å². The molecule has 3 rings (SSSR count). The molecule has 2 amide bonds. The van der Waals surface area contributed by atoms with E-state index in [9.17, 15) is 14.0 Å². The van der Waals surface area contributed by atoms with Crippen molar-refractivity contribution in [1.29, 1.82) is 0 Å². The monoisotopic (exact) mass is 419 g/mol. The van der Waals surface area contributed by atoms with Crippen molar-refractivity contribution in [2.24, 2.45) is 16.1 Å². The fraction of sp³-hybridized carbons (Fsp3) is 0.571. The first-order valence-electron chi connectivity index (χ1n) is 10.1. The second-order valence-corrected chi connectivity index (χ2v) is 8.50. The van der Waals surface area contributed by atoms with Gasteiger partial charge in [0.15, 0.2) is 5.96 Å². The molecule has 0 aromatic heterocycles. The van der Waals surface area contributed by atoms with E-state index in [1.807, 2.05) is 0 Å². The lowest BCUT2D eigenvalue weighted by molar-refractivity contribution is -0.140. The van der Waals surface area contributed by atoms with Crippen LogP contribution in [0.5, 0.6) is 0 Å². The van der Waals surface area contributed by atoms with Gasteiger partial charge in [-0.3, -0.25) is 9.69 Å². The van der Waals surface area contributed by atoms with E-state index in [2.05, 4.69) is 10.3 Å². The van der Waals surface area contributed by atoms with Gasteiger partial charge in [-0.25, -0.2) is 14.2 Å². The van der Waals surface area contributed by atoms with Gasteiger partial charge in [0.05, 0.1) is 12.0 Å². The predicted molar refractivity (Wildman–Crippen MR) is 113 cm³/mol. The molecule has 0 bridgehead atoms. The van der Waals surface area contributed by atoms with Gasteiger partial charge in [0.2, 0.25) is 5.91 Å². The second-order valence-electron chi connectivity index (χ2n) is 8.50. The largest absolute Gasteiger partial charge is 0.450 e. The standard InChI is InChI=1S/C21H30FN5O3/c1-6-30-19(29)27-10-9-14(12-27)24-13-7-8-16(22)15(11-13)21(4)20(2,3)17(28)26(5)18(23)25-21/h7-8,11,14,24H,6,9-10,12H2,1-5H3,(H2,23,25)/t14?,21-/m0/s1. The molecular formula is C21H30FN5O3. The zero-order valence-corrected chi connectivity index (χ0v) is 18.2. The molecule has 30 heavy (non-hydrogen) atoms. The van der Waals surface area contributed by atoms with Gasteiger partial charge in [-0.2, -0.15) is 0 Å². The minimum absolute atomic E-state index is 0.0150. The molecule has 0 aliphatic carbocycles. The maximum Gasteiger partial charge on any atom is 0.409 e. The summed E-state index contributed by atoms with van der Waals surface area (Å²) in [6, 6.07) is 4.71. The number of guanidine groups is 1. The number of hydrogen-bond donors (Lipinski definition) is 2. The second kappa shape index (κ2) is 7.77. The lowest BCUT2D eigenvalue weighted by atomic mass is 9.67. The van der Waals surface area contributed by atoms with Gasteiger partial charge in [0.1, 0.15) is 11.4 Å². The van der Waals surface area contributed by atoms with Crippen molar-refractivity contribution >= 4 is 23.6 Å². The highest BCUT2D eigenvalue weighted by Gasteiger charge is 2.53. The molecule has 164 valence electrons. The number of carbonyl (C=O) groups excluding carboxylic acids is 2. The lowest BCUT2D eigenvalue weighted by Gasteiger charge is -2.46. The first-order valence-corrected chi connectivity index (χ1v) is 10.1. The number of aliphatic imine (C=N–C) groups is 1. The molecule has 0 spiro atoms. The molecule has 1 aromatic rings. The molecule has 2 aliphatic heterocycles. The number of hydrogen-bond acceptors (Lipinski definition) is 6. The fourth-order valence-electron chi connectivity index (χ4n) is 4.05. The lowest BCUT2D eigenvalue weighted by Crippen LogP contribution is -2.58. The molecule has 1 fully saturated rings. The Balaban J connectivity index is 1.88. The van der Waals surface area contributed by atoms with E-state index < -0.39 is 16.8 Å². The zero-order valence-electron chi connectivity index (χ0n) is 18.2. The Kier molecular flexibility index (Phi) is 5.66. The molecular weight excluding hydrogens is 389 g/mol. The molecule has 0 radical (unpaired) electrons. The van der Waals surface area contributed by atoms with Crippen molar-refractivity contribution in [2.75, 3.05) is 32.1 Å². The summed E-state index contributed by atoms with van der Waals surface area (Å²) in [4.78, 5) is 32.2. The quantitative estimate of drug-likeness (QED) is 0.781. The van der Waals surface area contributed by atoms with Gasteiger partial charge >= 0.3 is 6.09 Å². The Bertz CT molecular complexity index is 887. The number of halogens is 1. The minimum Gasteiger partial charge on any atom is -0.450 e. The molecule has 2 aliphatic rings. The van der Waals surface area contributed by atoms with Crippen LogP contribution in [-0.4, -0.2) is 60.5 Å². The van der Waals surface area contributed by atoms with E-state index in [0.29, 0.717) is 30.9 Å². The Morgan fingerprint density at radius 1 is 1.40 bits per heavy atom. The van der Waals surface area contributed by atoms with Crippen molar-refractivity contribution in [3.8, 4) is 0 Å². The van der Waals surface area contributed by atoms with E-state index in [1.54, 1.807) is 51.8 Å². The summed E-state index contributed by atoms with van der Waals surface area (Å²) in [5.74, 6) is -0.624. The number of carbonyl (C=O) groups is 2. The van der Waals surface area contributed by atoms with Crippen molar-refractivity contribution in [3.05, 3.63) is 29.6 Å². The van der Waals surface area contributed by atoms with Crippen LogP contribution in [0.3, 0.4) is 0 Å². The number of rotatable bonds is 4. The number of benzene rings is 1. The Morgan fingerprint density at radius 3 is 2.77 bits per heavy atom. The van der Waals surface area contributed by atoms with Crippen LogP contribution in [0.1, 0.15) is 39.7 Å². The van der Waals surface area contributed by atoms with E-state index in [0.717, 1.165) is 6.42 Å². The van der Waals surface area contributed by atoms with Crippen LogP contribution in [-0.2, 0) is 15.1 Å². The SMILES string of the molecule is CCOC(=O)N1CCC(Nc2ccc(F)c([C@]3(C)N=C(N)N(C)C(=O)C3(C)C)c2)C1. The summed E-state index contributed by atoms with van der Waals surface area (Å²) in [5, 5.41) is 3.36. The minimum atomic E-state index is -1.17. The number of nitrogens with two attached hydrogens (primary N) is 1. The number of nitrogens with one attached hydrogen (secondary N) is 1. The highest BCUT2D eigenvalue weighted by Crippen LogP contribution is 2.47. The smallest absolute Gasteiger partial charge is 0.409 e. The topological polar surface area (TPSA) is 100 Å². The van der Waals surface area contributed by atoms with Gasteiger partial charge in [-0.05, 0) is 52.3 Å². The predicted octanol–water partition coefficient (Wildman–Crippen LogP) is 2.50. The Morgan fingerprint density at radius 2 is 2.10 bits per heavy atom. The molecule has 2 heterocycles. The normalized spacial score (nSPS) is 25.9. The van der Waals surface area contributed by atoms with Crippen LogP contribution in [0.2, 0.25) is 0 Å². The highest BCUT2D eigenvalue weighted by atomic mass is 19.1. The molecule has 1 aromatic carbocycles. The van der Waals surface area contributed by atoms with Crippen molar-refractivity contribution in [1.82, 2.24) is 9.80 Å². The van der Waals surface area contributed by atoms with Crippen LogP contribution >= 0.6 is 0 Å². The maximum absolute atomic E-state index is 14.9.